The van der Waals surface area contributed by atoms with Crippen LogP contribution >= 0.6 is 12.2 Å². The molecule has 5 heteroatoms. The highest BCUT2D eigenvalue weighted by Crippen LogP contribution is 2.18. The largest absolute Gasteiger partial charge is 0.389 e. The lowest BCUT2D eigenvalue weighted by atomic mass is 10.1. The maximum atomic E-state index is 5.69. The minimum absolute atomic E-state index is 0.386. The van der Waals surface area contributed by atoms with E-state index in [9.17, 15) is 0 Å². The van der Waals surface area contributed by atoms with Crippen molar-refractivity contribution >= 4 is 22.9 Å². The fourth-order valence-electron chi connectivity index (χ4n) is 1.53. The number of nitrogens with one attached hydrogen (secondary N) is 1. The molecule has 0 radical (unpaired) electrons. The number of nitrogens with two attached hydrogens (primary N) is 1. The molecular weight excluding hydrogens is 234 g/mol. The van der Waals surface area contributed by atoms with Crippen LogP contribution in [0.1, 0.15) is 16.8 Å². The van der Waals surface area contributed by atoms with E-state index in [1.54, 1.807) is 6.26 Å². The summed E-state index contributed by atoms with van der Waals surface area (Å²) in [5.74, 6) is 0. The molecule has 2 aromatic rings. The van der Waals surface area contributed by atoms with Crippen LogP contribution in [0.2, 0.25) is 0 Å². The zero-order valence-electron chi connectivity index (χ0n) is 9.43. The quantitative estimate of drug-likeness (QED) is 0.811. The second-order valence-corrected chi connectivity index (χ2v) is 4.20. The molecule has 0 spiro atoms. The third kappa shape index (κ3) is 2.82. The first-order chi connectivity index (χ1) is 8.16. The van der Waals surface area contributed by atoms with E-state index in [-0.39, 0.29) is 0 Å². The van der Waals surface area contributed by atoms with Gasteiger partial charge in [-0.3, -0.25) is 0 Å². The minimum atomic E-state index is 0.386. The molecule has 0 atom stereocenters. The molecule has 0 fully saturated rings. The van der Waals surface area contributed by atoms with Gasteiger partial charge in [-0.1, -0.05) is 29.0 Å². The van der Waals surface area contributed by atoms with Crippen molar-refractivity contribution in [1.82, 2.24) is 5.16 Å². The maximum absolute atomic E-state index is 5.69. The summed E-state index contributed by atoms with van der Waals surface area (Å²) in [6.45, 7) is 2.58. The van der Waals surface area contributed by atoms with Crippen molar-refractivity contribution in [2.45, 2.75) is 13.5 Å². The van der Waals surface area contributed by atoms with Crippen LogP contribution in [0.5, 0.6) is 0 Å². The number of benzene rings is 1. The summed E-state index contributed by atoms with van der Waals surface area (Å²) in [4.78, 5) is 0.386. The van der Waals surface area contributed by atoms with Crippen LogP contribution in [0, 0.1) is 6.92 Å². The van der Waals surface area contributed by atoms with E-state index in [1.165, 1.54) is 0 Å². The summed E-state index contributed by atoms with van der Waals surface area (Å²) in [6.07, 6.45) is 1.54. The average Bonchev–Trinajstić information content (AvgIpc) is 2.80. The highest BCUT2D eigenvalue weighted by molar-refractivity contribution is 7.80. The number of anilines is 1. The molecule has 1 aromatic carbocycles. The van der Waals surface area contributed by atoms with Gasteiger partial charge in [-0.05, 0) is 19.1 Å². The van der Waals surface area contributed by atoms with Crippen LogP contribution in [-0.2, 0) is 6.54 Å². The predicted molar refractivity (Wildman–Crippen MR) is 70.9 cm³/mol. The molecule has 0 aliphatic carbocycles. The van der Waals surface area contributed by atoms with Crippen LogP contribution in [0.4, 0.5) is 5.69 Å². The molecule has 0 aliphatic rings. The van der Waals surface area contributed by atoms with Crippen molar-refractivity contribution in [3.8, 4) is 0 Å². The summed E-state index contributed by atoms with van der Waals surface area (Å²) < 4.78 is 4.76. The van der Waals surface area contributed by atoms with Gasteiger partial charge in [0.05, 0.1) is 6.54 Å². The van der Waals surface area contributed by atoms with Gasteiger partial charge in [-0.15, -0.1) is 0 Å². The second kappa shape index (κ2) is 4.97. The Hall–Kier alpha value is -1.88. The molecule has 0 bridgehead atoms. The molecule has 0 unspecified atom stereocenters. The fourth-order valence-corrected chi connectivity index (χ4v) is 1.70. The SMILES string of the molecule is Cc1ccc(NCc2ccon2)c(C(N)=S)c1. The lowest BCUT2D eigenvalue weighted by Gasteiger charge is -2.10. The van der Waals surface area contributed by atoms with Crippen LogP contribution in [0.15, 0.2) is 35.1 Å². The summed E-state index contributed by atoms with van der Waals surface area (Å²) in [7, 11) is 0. The topological polar surface area (TPSA) is 64.1 Å². The lowest BCUT2D eigenvalue weighted by Crippen LogP contribution is -2.13. The van der Waals surface area contributed by atoms with Crippen LogP contribution < -0.4 is 11.1 Å². The molecule has 1 heterocycles. The third-order valence-corrected chi connectivity index (χ3v) is 2.61. The number of aromatic nitrogens is 1. The monoisotopic (exact) mass is 247 g/mol. The predicted octanol–water partition coefficient (Wildman–Crippen LogP) is 2.23. The second-order valence-electron chi connectivity index (χ2n) is 3.76. The Kier molecular flexibility index (Phi) is 3.39. The third-order valence-electron chi connectivity index (χ3n) is 2.39. The van der Waals surface area contributed by atoms with Crippen molar-refractivity contribution in [2.24, 2.45) is 5.73 Å². The van der Waals surface area contributed by atoms with Crippen LogP contribution in [0.3, 0.4) is 0 Å². The summed E-state index contributed by atoms with van der Waals surface area (Å²) >= 11 is 5.03. The highest BCUT2D eigenvalue weighted by atomic mass is 32.1. The molecule has 0 saturated heterocycles. The van der Waals surface area contributed by atoms with Crippen molar-refractivity contribution < 1.29 is 4.52 Å². The average molecular weight is 247 g/mol. The molecule has 0 amide bonds. The molecule has 17 heavy (non-hydrogen) atoms. The molecule has 1 aromatic heterocycles. The standard InChI is InChI=1S/C12H13N3OS/c1-8-2-3-11(10(6-8)12(13)17)14-7-9-4-5-16-15-9/h2-6,14H,7H2,1H3,(H2,13,17). The van der Waals surface area contributed by atoms with Crippen molar-refractivity contribution in [2.75, 3.05) is 5.32 Å². The molecule has 88 valence electrons. The summed E-state index contributed by atoms with van der Waals surface area (Å²) in [5, 5.41) is 7.06. The Morgan fingerprint density at radius 1 is 1.47 bits per heavy atom. The zero-order chi connectivity index (χ0) is 12.3. The minimum Gasteiger partial charge on any atom is -0.389 e. The number of nitrogens with zero attached hydrogens (tertiary/aromatic N) is 1. The van der Waals surface area contributed by atoms with Crippen molar-refractivity contribution in [3.63, 3.8) is 0 Å². The Bertz CT molecular complexity index is 523. The maximum Gasteiger partial charge on any atom is 0.124 e. The number of hydrogen-bond acceptors (Lipinski definition) is 4. The van der Waals surface area contributed by atoms with Gasteiger partial charge in [0.25, 0.3) is 0 Å². The van der Waals surface area contributed by atoms with E-state index in [1.807, 2.05) is 31.2 Å². The van der Waals surface area contributed by atoms with Gasteiger partial charge in [-0.25, -0.2) is 0 Å². The van der Waals surface area contributed by atoms with E-state index in [0.717, 1.165) is 22.5 Å². The van der Waals surface area contributed by atoms with Crippen LogP contribution in [-0.4, -0.2) is 10.1 Å². The first kappa shape index (κ1) is 11.6. The van der Waals surface area contributed by atoms with E-state index in [4.69, 9.17) is 22.5 Å². The molecule has 4 nitrogen and oxygen atoms in total. The molecular formula is C12H13N3OS. The van der Waals surface area contributed by atoms with Gasteiger partial charge < -0.3 is 15.6 Å². The Balaban J connectivity index is 2.17. The molecule has 0 aliphatic heterocycles. The Morgan fingerprint density at radius 3 is 2.94 bits per heavy atom. The summed E-state index contributed by atoms with van der Waals surface area (Å²) in [6, 6.07) is 7.74. The first-order valence-corrected chi connectivity index (χ1v) is 5.61. The smallest absolute Gasteiger partial charge is 0.124 e. The summed E-state index contributed by atoms with van der Waals surface area (Å²) in [5.41, 5.74) is 9.41. The van der Waals surface area contributed by atoms with Gasteiger partial charge >= 0.3 is 0 Å². The highest BCUT2D eigenvalue weighted by Gasteiger charge is 2.06. The van der Waals surface area contributed by atoms with E-state index in [2.05, 4.69) is 10.5 Å². The first-order valence-electron chi connectivity index (χ1n) is 5.20. The number of thiocarbonyl (C=S) groups is 1. The Morgan fingerprint density at radius 2 is 2.29 bits per heavy atom. The van der Waals surface area contributed by atoms with Gasteiger partial charge in [0.1, 0.15) is 16.9 Å². The van der Waals surface area contributed by atoms with Crippen molar-refractivity contribution in [3.05, 3.63) is 47.3 Å². The Labute approximate surface area is 105 Å². The van der Waals surface area contributed by atoms with E-state index >= 15 is 0 Å². The van der Waals surface area contributed by atoms with E-state index in [0.29, 0.717) is 11.5 Å². The molecule has 2 rings (SSSR count). The van der Waals surface area contributed by atoms with Gasteiger partial charge in [0, 0.05) is 17.3 Å². The normalized spacial score (nSPS) is 10.2. The zero-order valence-corrected chi connectivity index (χ0v) is 10.3. The molecule has 0 saturated carbocycles. The molecule has 3 N–H and O–H groups in total. The number of aryl methyl sites for hydroxylation is 1. The lowest BCUT2D eigenvalue weighted by molar-refractivity contribution is 0.412. The van der Waals surface area contributed by atoms with Gasteiger partial charge in [0.15, 0.2) is 0 Å². The van der Waals surface area contributed by atoms with Crippen LogP contribution in [0.25, 0.3) is 0 Å². The number of hydrogen-bond donors (Lipinski definition) is 2. The van der Waals surface area contributed by atoms with E-state index < -0.39 is 0 Å². The fraction of sp³-hybridized carbons (Fsp3) is 0.167. The van der Waals surface area contributed by atoms with Gasteiger partial charge in [-0.2, -0.15) is 0 Å². The van der Waals surface area contributed by atoms with Crippen molar-refractivity contribution in [1.29, 1.82) is 0 Å². The number of rotatable bonds is 4. The van der Waals surface area contributed by atoms with Gasteiger partial charge in [0.2, 0.25) is 0 Å².